The summed E-state index contributed by atoms with van der Waals surface area (Å²) in [6.45, 7) is -1.08. The average molecular weight is 427 g/mol. The van der Waals surface area contributed by atoms with Gasteiger partial charge in [-0.05, 0) is 17.7 Å². The molecule has 0 aliphatic carbocycles. The number of aliphatic hydroxyl groups excluding tert-OH is 1. The molecule has 0 radical (unpaired) electrons. The molecule has 0 spiro atoms. The third-order valence-corrected chi connectivity index (χ3v) is 6.06. The van der Waals surface area contributed by atoms with Gasteiger partial charge in [0.15, 0.2) is 4.84 Å². The van der Waals surface area contributed by atoms with E-state index in [1.807, 2.05) is 0 Å². The van der Waals surface area contributed by atoms with Gasteiger partial charge in [0.2, 0.25) is 14.0 Å². The van der Waals surface area contributed by atoms with Crippen molar-refractivity contribution < 1.29 is 22.7 Å². The van der Waals surface area contributed by atoms with Crippen molar-refractivity contribution in [3.05, 3.63) is 29.8 Å². The highest BCUT2D eigenvalue weighted by molar-refractivity contribution is 7.94. The summed E-state index contributed by atoms with van der Waals surface area (Å²) < 4.78 is 34.9. The summed E-state index contributed by atoms with van der Waals surface area (Å²) in [5, 5.41) is 12.2. The molecule has 0 bridgehead atoms. The van der Waals surface area contributed by atoms with E-state index >= 15 is 0 Å². The normalized spacial score (nSPS) is 14.8. The van der Waals surface area contributed by atoms with Gasteiger partial charge in [0, 0.05) is 0 Å². The third-order valence-electron chi connectivity index (χ3n) is 2.86. The van der Waals surface area contributed by atoms with E-state index in [1.54, 1.807) is 0 Å². The van der Waals surface area contributed by atoms with Crippen LogP contribution in [-0.2, 0) is 14.6 Å². The largest absolute Gasteiger partial charge is 0.386 e. The van der Waals surface area contributed by atoms with Crippen molar-refractivity contribution in [3.63, 3.8) is 0 Å². The number of benzene rings is 1. The number of sulfone groups is 1. The molecule has 1 amide bonds. The van der Waals surface area contributed by atoms with Crippen LogP contribution in [0, 0.1) is 0 Å². The van der Waals surface area contributed by atoms with Crippen molar-refractivity contribution in [2.75, 3.05) is 6.67 Å². The Morgan fingerprint density at radius 1 is 1.17 bits per heavy atom. The summed E-state index contributed by atoms with van der Waals surface area (Å²) in [4.78, 5) is 9.78. The van der Waals surface area contributed by atoms with Gasteiger partial charge in [0.25, 0.3) is 5.91 Å². The number of amides is 1. The lowest BCUT2D eigenvalue weighted by molar-refractivity contribution is -0.121. The SMILES string of the molecule is O=C(N[C@H](CF)[C@H](O)c1ccc(S(=O)(=O)C(Cl)Cl)cc1)C(Cl)Cl. The molecular weight excluding hydrogens is 415 g/mol. The zero-order valence-corrected chi connectivity index (χ0v) is 15.1. The van der Waals surface area contributed by atoms with Gasteiger partial charge in [-0.2, -0.15) is 0 Å². The predicted molar refractivity (Wildman–Crippen MR) is 87.5 cm³/mol. The van der Waals surface area contributed by atoms with E-state index in [4.69, 9.17) is 46.4 Å². The topological polar surface area (TPSA) is 83.5 Å². The Kier molecular flexibility index (Phi) is 7.83. The Hall–Kier alpha value is -0.310. The lowest BCUT2D eigenvalue weighted by Crippen LogP contribution is -2.43. The van der Waals surface area contributed by atoms with E-state index in [9.17, 15) is 22.7 Å². The van der Waals surface area contributed by atoms with Crippen molar-refractivity contribution in [2.45, 2.75) is 26.0 Å². The van der Waals surface area contributed by atoms with Crippen LogP contribution in [0.25, 0.3) is 0 Å². The lowest BCUT2D eigenvalue weighted by atomic mass is 10.0. The number of nitrogens with one attached hydrogen (secondary N) is 1. The zero-order valence-electron chi connectivity index (χ0n) is 11.3. The van der Waals surface area contributed by atoms with Crippen molar-refractivity contribution >= 4 is 62.1 Å². The molecule has 0 heterocycles. The summed E-state index contributed by atoms with van der Waals surface area (Å²) in [5.74, 6) is -0.860. The van der Waals surface area contributed by atoms with E-state index in [0.717, 1.165) is 12.1 Å². The Labute approximate surface area is 152 Å². The fourth-order valence-electron chi connectivity index (χ4n) is 1.64. The first kappa shape index (κ1) is 20.7. The molecule has 2 atom stereocenters. The highest BCUT2D eigenvalue weighted by Gasteiger charge is 2.27. The Balaban J connectivity index is 2.96. The van der Waals surface area contributed by atoms with Crippen molar-refractivity contribution in [1.82, 2.24) is 5.32 Å². The summed E-state index contributed by atoms with van der Waals surface area (Å²) >= 11 is 21.4. The van der Waals surface area contributed by atoms with Gasteiger partial charge in [-0.15, -0.1) is 0 Å². The molecule has 0 aliphatic rings. The van der Waals surface area contributed by atoms with E-state index in [1.165, 1.54) is 12.1 Å². The number of aliphatic hydroxyl groups is 1. The molecular formula is C12H12Cl4FNO4S. The molecule has 130 valence electrons. The van der Waals surface area contributed by atoms with Crippen LogP contribution >= 0.6 is 46.4 Å². The van der Waals surface area contributed by atoms with E-state index in [0.29, 0.717) is 0 Å². The number of carbonyl (C=O) groups is 1. The average Bonchev–Trinajstić information content (AvgIpc) is 2.51. The van der Waals surface area contributed by atoms with E-state index in [2.05, 4.69) is 5.32 Å². The Morgan fingerprint density at radius 2 is 1.70 bits per heavy atom. The van der Waals surface area contributed by atoms with Crippen molar-refractivity contribution in [3.8, 4) is 0 Å². The minimum atomic E-state index is -3.90. The maximum atomic E-state index is 13.0. The number of alkyl halides is 5. The second-order valence-electron chi connectivity index (χ2n) is 4.39. The molecule has 0 aromatic heterocycles. The van der Waals surface area contributed by atoms with Gasteiger partial charge in [-0.1, -0.05) is 58.5 Å². The van der Waals surface area contributed by atoms with Crippen LogP contribution < -0.4 is 5.32 Å². The Bertz CT molecular complexity index is 639. The second-order valence-corrected chi connectivity index (χ2v) is 9.13. The summed E-state index contributed by atoms with van der Waals surface area (Å²) in [6, 6.07) is 3.53. The minimum absolute atomic E-state index is 0.161. The fourth-order valence-corrected chi connectivity index (χ4v) is 3.10. The molecule has 5 nitrogen and oxygen atoms in total. The van der Waals surface area contributed by atoms with Gasteiger partial charge >= 0.3 is 0 Å². The number of carbonyl (C=O) groups excluding carboxylic acids is 1. The van der Waals surface area contributed by atoms with E-state index < -0.39 is 43.6 Å². The number of rotatable bonds is 7. The quantitative estimate of drug-likeness (QED) is 0.656. The van der Waals surface area contributed by atoms with Gasteiger partial charge in [0.05, 0.1) is 10.9 Å². The summed E-state index contributed by atoms with van der Waals surface area (Å²) in [5.41, 5.74) is 0.174. The van der Waals surface area contributed by atoms with Crippen molar-refractivity contribution in [1.29, 1.82) is 0 Å². The smallest absolute Gasteiger partial charge is 0.253 e. The number of halogens is 5. The van der Waals surface area contributed by atoms with Crippen LogP contribution in [-0.4, -0.2) is 41.2 Å². The molecule has 23 heavy (non-hydrogen) atoms. The molecule has 1 aromatic carbocycles. The first-order chi connectivity index (χ1) is 10.6. The van der Waals surface area contributed by atoms with Gasteiger partial charge in [0.1, 0.15) is 12.8 Å². The van der Waals surface area contributed by atoms with Crippen LogP contribution in [0.3, 0.4) is 0 Å². The fraction of sp³-hybridized carbons (Fsp3) is 0.417. The molecule has 0 aliphatic heterocycles. The van der Waals surface area contributed by atoms with Gasteiger partial charge in [-0.25, -0.2) is 12.8 Å². The minimum Gasteiger partial charge on any atom is -0.386 e. The molecule has 0 saturated heterocycles. The molecule has 1 aromatic rings. The Morgan fingerprint density at radius 3 is 2.09 bits per heavy atom. The highest BCUT2D eigenvalue weighted by Crippen LogP contribution is 2.24. The van der Waals surface area contributed by atoms with Crippen molar-refractivity contribution in [2.24, 2.45) is 0 Å². The summed E-state index contributed by atoms with van der Waals surface area (Å²) in [6.07, 6.45) is -1.43. The predicted octanol–water partition coefficient (Wildman–Crippen LogP) is 2.51. The van der Waals surface area contributed by atoms with Crippen LogP contribution in [0.2, 0.25) is 0 Å². The summed E-state index contributed by atoms with van der Waals surface area (Å²) in [7, 11) is -3.90. The highest BCUT2D eigenvalue weighted by atomic mass is 35.5. The molecule has 11 heteroatoms. The number of hydrogen-bond donors (Lipinski definition) is 2. The molecule has 0 saturated carbocycles. The first-order valence-corrected chi connectivity index (χ1v) is 9.35. The zero-order chi connectivity index (χ0) is 17.8. The van der Waals surface area contributed by atoms with E-state index in [-0.39, 0.29) is 10.5 Å². The van der Waals surface area contributed by atoms with Crippen LogP contribution in [0.1, 0.15) is 11.7 Å². The van der Waals surface area contributed by atoms with Crippen LogP contribution in [0.5, 0.6) is 0 Å². The molecule has 1 rings (SSSR count). The molecule has 2 N–H and O–H groups in total. The van der Waals surface area contributed by atoms with Crippen LogP contribution in [0.15, 0.2) is 29.2 Å². The number of hydrogen-bond acceptors (Lipinski definition) is 4. The first-order valence-electron chi connectivity index (χ1n) is 6.05. The maximum Gasteiger partial charge on any atom is 0.253 e. The standard InChI is InChI=1S/C12H12Cl4FNO4S/c13-10(14)11(20)18-8(5-17)9(19)6-1-3-7(4-2-6)23(21,22)12(15)16/h1-4,8-10,12,19H,5H2,(H,18,20)/t8-,9-/m1/s1. The molecule has 0 unspecified atom stereocenters. The third kappa shape index (κ3) is 5.34. The lowest BCUT2D eigenvalue weighted by Gasteiger charge is -2.22. The second kappa shape index (κ2) is 8.69. The van der Waals surface area contributed by atoms with Crippen LogP contribution in [0.4, 0.5) is 4.39 Å². The van der Waals surface area contributed by atoms with Gasteiger partial charge in [-0.3, -0.25) is 4.79 Å². The maximum absolute atomic E-state index is 13.0. The van der Waals surface area contributed by atoms with Gasteiger partial charge < -0.3 is 10.4 Å². The molecule has 0 fully saturated rings. The monoisotopic (exact) mass is 425 g/mol.